The van der Waals surface area contributed by atoms with E-state index in [1.54, 1.807) is 19.2 Å². The highest BCUT2D eigenvalue weighted by atomic mass is 19.1. The average molecular weight is 257 g/mol. The third-order valence-electron chi connectivity index (χ3n) is 2.83. The zero-order chi connectivity index (χ0) is 13.7. The Balaban J connectivity index is 1.99. The molecule has 0 saturated heterocycles. The van der Waals surface area contributed by atoms with Gasteiger partial charge in [-0.15, -0.1) is 0 Å². The van der Waals surface area contributed by atoms with Crippen molar-refractivity contribution in [3.8, 4) is 5.75 Å². The van der Waals surface area contributed by atoms with Crippen LogP contribution in [0.25, 0.3) is 5.57 Å². The van der Waals surface area contributed by atoms with Gasteiger partial charge in [0.25, 0.3) is 0 Å². The molecule has 2 rings (SSSR count). The molecular weight excluding hydrogens is 241 g/mol. The normalized spacial score (nSPS) is 10.0. The highest BCUT2D eigenvalue weighted by Gasteiger charge is 2.01. The second-order valence-corrected chi connectivity index (χ2v) is 4.20. The Bertz CT molecular complexity index is 563. The molecule has 0 aliphatic rings. The summed E-state index contributed by atoms with van der Waals surface area (Å²) < 4.78 is 18.0. The number of hydrogen-bond donors (Lipinski definition) is 1. The van der Waals surface area contributed by atoms with E-state index >= 15 is 0 Å². The summed E-state index contributed by atoms with van der Waals surface area (Å²) in [7, 11) is 1.64. The molecule has 0 spiro atoms. The van der Waals surface area contributed by atoms with E-state index in [1.807, 2.05) is 24.3 Å². The summed E-state index contributed by atoms with van der Waals surface area (Å²) >= 11 is 0. The first-order valence-electron chi connectivity index (χ1n) is 6.00. The molecule has 3 heteroatoms. The lowest BCUT2D eigenvalue weighted by atomic mass is 10.1. The van der Waals surface area contributed by atoms with Gasteiger partial charge in [-0.05, 0) is 47.5 Å². The van der Waals surface area contributed by atoms with Crippen LogP contribution in [0.3, 0.4) is 0 Å². The molecule has 2 nitrogen and oxygen atoms in total. The van der Waals surface area contributed by atoms with Crippen molar-refractivity contribution < 1.29 is 9.13 Å². The molecular formula is C16H16FNO. The first-order chi connectivity index (χ1) is 9.19. The third-order valence-corrected chi connectivity index (χ3v) is 2.83. The predicted molar refractivity (Wildman–Crippen MR) is 76.9 cm³/mol. The van der Waals surface area contributed by atoms with Crippen molar-refractivity contribution in [1.82, 2.24) is 0 Å². The molecule has 1 N–H and O–H groups in total. The molecule has 0 aliphatic carbocycles. The van der Waals surface area contributed by atoms with Crippen LogP contribution in [0.4, 0.5) is 10.1 Å². The molecule has 0 unspecified atom stereocenters. The fraction of sp³-hybridized carbons (Fsp3) is 0.125. The van der Waals surface area contributed by atoms with Gasteiger partial charge in [-0.2, -0.15) is 0 Å². The zero-order valence-electron chi connectivity index (χ0n) is 10.8. The van der Waals surface area contributed by atoms with Gasteiger partial charge < -0.3 is 10.1 Å². The van der Waals surface area contributed by atoms with Crippen LogP contribution >= 0.6 is 0 Å². The lowest BCUT2D eigenvalue weighted by Crippen LogP contribution is -2.03. The van der Waals surface area contributed by atoms with E-state index in [-0.39, 0.29) is 5.82 Å². The maximum atomic E-state index is 12.8. The van der Waals surface area contributed by atoms with Crippen LogP contribution in [0.2, 0.25) is 0 Å². The van der Waals surface area contributed by atoms with E-state index in [9.17, 15) is 4.39 Å². The lowest BCUT2D eigenvalue weighted by Gasteiger charge is -2.10. The van der Waals surface area contributed by atoms with Crippen molar-refractivity contribution >= 4 is 11.3 Å². The number of methoxy groups -OCH3 is 1. The molecule has 0 aromatic heterocycles. The molecule has 2 aromatic carbocycles. The van der Waals surface area contributed by atoms with Crippen molar-refractivity contribution in [3.05, 3.63) is 66.5 Å². The largest absolute Gasteiger partial charge is 0.497 e. The number of benzene rings is 2. The Morgan fingerprint density at radius 1 is 1.21 bits per heavy atom. The van der Waals surface area contributed by atoms with E-state index < -0.39 is 0 Å². The first kappa shape index (κ1) is 13.1. The number of anilines is 1. The maximum Gasteiger partial charge on any atom is 0.123 e. The first-order valence-corrected chi connectivity index (χ1v) is 6.00. The van der Waals surface area contributed by atoms with Gasteiger partial charge in [-0.1, -0.05) is 18.7 Å². The molecule has 0 radical (unpaired) electrons. The number of rotatable bonds is 5. The third kappa shape index (κ3) is 3.58. The molecule has 0 saturated carbocycles. The molecule has 2 aromatic rings. The minimum Gasteiger partial charge on any atom is -0.497 e. The predicted octanol–water partition coefficient (Wildman–Crippen LogP) is 3.96. The molecule has 19 heavy (non-hydrogen) atoms. The van der Waals surface area contributed by atoms with E-state index in [0.717, 1.165) is 22.6 Å². The van der Waals surface area contributed by atoms with E-state index in [2.05, 4.69) is 11.9 Å². The number of ether oxygens (including phenoxy) is 1. The fourth-order valence-corrected chi connectivity index (χ4v) is 1.72. The molecule has 98 valence electrons. The van der Waals surface area contributed by atoms with Crippen LogP contribution in [-0.2, 0) is 0 Å². The highest BCUT2D eigenvalue weighted by molar-refractivity contribution is 5.68. The van der Waals surface area contributed by atoms with Gasteiger partial charge in [0.15, 0.2) is 0 Å². The fourth-order valence-electron chi connectivity index (χ4n) is 1.72. The van der Waals surface area contributed by atoms with E-state index in [4.69, 9.17) is 4.74 Å². The van der Waals surface area contributed by atoms with Gasteiger partial charge in [0.1, 0.15) is 11.6 Å². The van der Waals surface area contributed by atoms with Crippen molar-refractivity contribution in [2.45, 2.75) is 0 Å². The Hall–Kier alpha value is -2.29. The van der Waals surface area contributed by atoms with Crippen molar-refractivity contribution in [2.75, 3.05) is 19.0 Å². The van der Waals surface area contributed by atoms with Crippen LogP contribution in [0, 0.1) is 5.82 Å². The molecule has 0 atom stereocenters. The standard InChI is InChI=1S/C16H16FNO/c1-12(13-4-3-5-16(10-13)19-2)11-18-15-8-6-14(17)7-9-15/h3-10,18H,1,11H2,2H3. The van der Waals surface area contributed by atoms with E-state index in [0.29, 0.717) is 6.54 Å². The highest BCUT2D eigenvalue weighted by Crippen LogP contribution is 2.19. The minimum atomic E-state index is -0.239. The van der Waals surface area contributed by atoms with Gasteiger partial charge in [0.2, 0.25) is 0 Å². The van der Waals surface area contributed by atoms with Gasteiger partial charge >= 0.3 is 0 Å². The number of nitrogens with one attached hydrogen (secondary N) is 1. The quantitative estimate of drug-likeness (QED) is 0.875. The number of hydrogen-bond acceptors (Lipinski definition) is 2. The van der Waals surface area contributed by atoms with Crippen molar-refractivity contribution in [2.24, 2.45) is 0 Å². The van der Waals surface area contributed by atoms with Crippen LogP contribution in [-0.4, -0.2) is 13.7 Å². The van der Waals surface area contributed by atoms with Gasteiger partial charge in [0, 0.05) is 12.2 Å². The average Bonchev–Trinajstić information content (AvgIpc) is 2.46. The van der Waals surface area contributed by atoms with Crippen LogP contribution in [0.15, 0.2) is 55.1 Å². The molecule has 0 fully saturated rings. The Labute approximate surface area is 112 Å². The van der Waals surface area contributed by atoms with Crippen molar-refractivity contribution in [3.63, 3.8) is 0 Å². The van der Waals surface area contributed by atoms with Crippen LogP contribution in [0.5, 0.6) is 5.75 Å². The van der Waals surface area contributed by atoms with Gasteiger partial charge in [-0.3, -0.25) is 0 Å². The van der Waals surface area contributed by atoms with E-state index in [1.165, 1.54) is 12.1 Å². The van der Waals surface area contributed by atoms with Crippen LogP contribution in [0.1, 0.15) is 5.56 Å². The molecule has 0 bridgehead atoms. The zero-order valence-corrected chi connectivity index (χ0v) is 10.8. The number of halogens is 1. The SMILES string of the molecule is C=C(CNc1ccc(F)cc1)c1cccc(OC)c1. The second-order valence-electron chi connectivity index (χ2n) is 4.20. The van der Waals surface area contributed by atoms with Crippen molar-refractivity contribution in [1.29, 1.82) is 0 Å². The topological polar surface area (TPSA) is 21.3 Å². The summed E-state index contributed by atoms with van der Waals surface area (Å²) in [4.78, 5) is 0. The Morgan fingerprint density at radius 3 is 2.63 bits per heavy atom. The summed E-state index contributed by atoms with van der Waals surface area (Å²) in [5.41, 5.74) is 2.84. The Kier molecular flexibility index (Phi) is 4.18. The second kappa shape index (κ2) is 6.05. The molecule has 0 aliphatic heterocycles. The summed E-state index contributed by atoms with van der Waals surface area (Å²) in [5, 5.41) is 3.20. The smallest absolute Gasteiger partial charge is 0.123 e. The molecule has 0 heterocycles. The summed E-state index contributed by atoms with van der Waals surface area (Å²) in [6.45, 7) is 4.64. The Morgan fingerprint density at radius 2 is 1.95 bits per heavy atom. The minimum absolute atomic E-state index is 0.239. The lowest BCUT2D eigenvalue weighted by molar-refractivity contribution is 0.414. The summed E-state index contributed by atoms with van der Waals surface area (Å²) in [6, 6.07) is 14.0. The maximum absolute atomic E-state index is 12.8. The summed E-state index contributed by atoms with van der Waals surface area (Å²) in [5.74, 6) is 0.567. The summed E-state index contributed by atoms with van der Waals surface area (Å²) in [6.07, 6.45) is 0. The molecule has 0 amide bonds. The monoisotopic (exact) mass is 257 g/mol. The van der Waals surface area contributed by atoms with Crippen LogP contribution < -0.4 is 10.1 Å². The van der Waals surface area contributed by atoms with Gasteiger partial charge in [-0.25, -0.2) is 4.39 Å². The van der Waals surface area contributed by atoms with Gasteiger partial charge in [0.05, 0.1) is 7.11 Å².